The van der Waals surface area contributed by atoms with Gasteiger partial charge < -0.3 is 10.2 Å². The summed E-state index contributed by atoms with van der Waals surface area (Å²) in [4.78, 5) is 2.46. The molecule has 1 unspecified atom stereocenters. The van der Waals surface area contributed by atoms with Crippen molar-refractivity contribution in [1.29, 1.82) is 0 Å². The highest BCUT2D eigenvalue weighted by atomic mass is 32.2. The Morgan fingerprint density at radius 1 is 1.47 bits per heavy atom. The van der Waals surface area contributed by atoms with Crippen molar-refractivity contribution in [2.45, 2.75) is 25.9 Å². The molecule has 2 nitrogen and oxygen atoms in total. The third kappa shape index (κ3) is 2.96. The molecule has 1 aromatic carbocycles. The average molecular weight is 250 g/mol. The van der Waals surface area contributed by atoms with Gasteiger partial charge in [-0.05, 0) is 43.3 Å². The number of hydrogen-bond donors (Lipinski definition) is 1. The fraction of sp³-hybridized carbons (Fsp3) is 0.571. The molecule has 1 saturated heterocycles. The van der Waals surface area contributed by atoms with Gasteiger partial charge in [-0.25, -0.2) is 0 Å². The van der Waals surface area contributed by atoms with Gasteiger partial charge in [-0.1, -0.05) is 12.1 Å². The highest BCUT2D eigenvalue weighted by Crippen LogP contribution is 2.28. The second-order valence-corrected chi connectivity index (χ2v) is 5.93. The van der Waals surface area contributed by atoms with E-state index in [2.05, 4.69) is 54.1 Å². The first kappa shape index (κ1) is 12.8. The third-order valence-electron chi connectivity index (χ3n) is 3.48. The normalized spacial score (nSPS) is 19.6. The van der Waals surface area contributed by atoms with E-state index in [0.29, 0.717) is 6.04 Å². The summed E-state index contributed by atoms with van der Waals surface area (Å²) in [6.45, 7) is 3.16. The van der Waals surface area contributed by atoms with E-state index in [1.807, 2.05) is 7.05 Å². The first-order valence-corrected chi connectivity index (χ1v) is 7.42. The van der Waals surface area contributed by atoms with E-state index < -0.39 is 0 Å². The monoisotopic (exact) mass is 250 g/mol. The Labute approximate surface area is 109 Å². The van der Waals surface area contributed by atoms with Crippen molar-refractivity contribution in [3.05, 3.63) is 29.3 Å². The summed E-state index contributed by atoms with van der Waals surface area (Å²) in [6, 6.07) is 7.51. The van der Waals surface area contributed by atoms with E-state index in [4.69, 9.17) is 0 Å². The van der Waals surface area contributed by atoms with Crippen molar-refractivity contribution >= 4 is 17.4 Å². The van der Waals surface area contributed by atoms with Crippen LogP contribution in [0.1, 0.15) is 17.5 Å². The molecule has 1 N–H and O–H groups in total. The van der Waals surface area contributed by atoms with Crippen LogP contribution in [0.5, 0.6) is 0 Å². The molecule has 1 fully saturated rings. The highest BCUT2D eigenvalue weighted by molar-refractivity contribution is 7.99. The second kappa shape index (κ2) is 5.78. The molecule has 0 aromatic heterocycles. The summed E-state index contributed by atoms with van der Waals surface area (Å²) in [5.41, 5.74) is 4.14. The number of nitrogens with one attached hydrogen (secondary N) is 1. The number of aryl methyl sites for hydroxylation is 1. The predicted molar refractivity (Wildman–Crippen MR) is 78.1 cm³/mol. The van der Waals surface area contributed by atoms with Gasteiger partial charge in [0, 0.05) is 31.1 Å². The lowest BCUT2D eigenvalue weighted by atomic mass is 10.1. The largest absolute Gasteiger partial charge is 0.371 e. The summed E-state index contributed by atoms with van der Waals surface area (Å²) >= 11 is 2.07. The van der Waals surface area contributed by atoms with Crippen molar-refractivity contribution in [3.63, 3.8) is 0 Å². The van der Waals surface area contributed by atoms with Gasteiger partial charge in [0.1, 0.15) is 0 Å². The highest BCUT2D eigenvalue weighted by Gasteiger charge is 2.21. The number of rotatable bonds is 4. The molecule has 1 aromatic rings. The van der Waals surface area contributed by atoms with Crippen LogP contribution >= 0.6 is 11.8 Å². The predicted octanol–water partition coefficient (Wildman–Crippen LogP) is 2.66. The maximum absolute atomic E-state index is 3.20. The summed E-state index contributed by atoms with van der Waals surface area (Å²) in [7, 11) is 4.22. The third-order valence-corrected chi connectivity index (χ3v) is 4.62. The van der Waals surface area contributed by atoms with E-state index >= 15 is 0 Å². The standard InChI is InChI=1S/C14H22N2S/c1-11-8-12(9-15-2)4-5-14(11)16(3)13-6-7-17-10-13/h4-5,8,13,15H,6-7,9-10H2,1-3H3. The molecule has 0 aliphatic carbocycles. The smallest absolute Gasteiger partial charge is 0.0396 e. The lowest BCUT2D eigenvalue weighted by Crippen LogP contribution is -2.31. The molecule has 0 radical (unpaired) electrons. The lowest BCUT2D eigenvalue weighted by Gasteiger charge is -2.28. The molecule has 1 aliphatic rings. The van der Waals surface area contributed by atoms with Gasteiger partial charge in [0.15, 0.2) is 0 Å². The van der Waals surface area contributed by atoms with Crippen molar-refractivity contribution in [3.8, 4) is 0 Å². The fourth-order valence-electron chi connectivity index (χ4n) is 2.45. The van der Waals surface area contributed by atoms with Gasteiger partial charge in [-0.2, -0.15) is 11.8 Å². The number of thioether (sulfide) groups is 1. The summed E-state index contributed by atoms with van der Waals surface area (Å²) in [6.07, 6.45) is 1.32. The van der Waals surface area contributed by atoms with E-state index in [1.54, 1.807) is 0 Å². The molecule has 0 amide bonds. The summed E-state index contributed by atoms with van der Waals surface area (Å²) in [5, 5.41) is 3.20. The Hall–Kier alpha value is -0.670. The van der Waals surface area contributed by atoms with Crippen LogP contribution in [0.15, 0.2) is 18.2 Å². The Kier molecular flexibility index (Phi) is 4.35. The average Bonchev–Trinajstić information content (AvgIpc) is 2.82. The van der Waals surface area contributed by atoms with Crippen LogP contribution in [0.4, 0.5) is 5.69 Å². The van der Waals surface area contributed by atoms with E-state index in [9.17, 15) is 0 Å². The van der Waals surface area contributed by atoms with Gasteiger partial charge >= 0.3 is 0 Å². The Bertz CT molecular complexity index is 372. The van der Waals surface area contributed by atoms with Crippen molar-refractivity contribution < 1.29 is 0 Å². The molecule has 0 bridgehead atoms. The summed E-state index contributed by atoms with van der Waals surface area (Å²) in [5.74, 6) is 2.58. The minimum absolute atomic E-state index is 0.717. The molecule has 0 saturated carbocycles. The molecule has 1 heterocycles. The number of nitrogens with zero attached hydrogens (tertiary/aromatic N) is 1. The van der Waals surface area contributed by atoms with E-state index in [1.165, 1.54) is 34.7 Å². The minimum atomic E-state index is 0.717. The van der Waals surface area contributed by atoms with Gasteiger partial charge in [0.25, 0.3) is 0 Å². The molecular weight excluding hydrogens is 228 g/mol. The lowest BCUT2D eigenvalue weighted by molar-refractivity contribution is 0.698. The second-order valence-electron chi connectivity index (χ2n) is 4.78. The van der Waals surface area contributed by atoms with Gasteiger partial charge in [-0.3, -0.25) is 0 Å². The molecule has 3 heteroatoms. The first-order valence-electron chi connectivity index (χ1n) is 6.27. The minimum Gasteiger partial charge on any atom is -0.371 e. The molecular formula is C14H22N2S. The number of anilines is 1. The van der Waals surface area contributed by atoms with Crippen LogP contribution in [-0.2, 0) is 6.54 Å². The first-order chi connectivity index (χ1) is 8.22. The molecule has 1 atom stereocenters. The Morgan fingerprint density at radius 3 is 2.88 bits per heavy atom. The van der Waals surface area contributed by atoms with Crippen LogP contribution in [0.25, 0.3) is 0 Å². The van der Waals surface area contributed by atoms with Crippen molar-refractivity contribution in [2.75, 3.05) is 30.5 Å². The molecule has 17 heavy (non-hydrogen) atoms. The molecule has 2 rings (SSSR count). The van der Waals surface area contributed by atoms with Gasteiger partial charge in [0.05, 0.1) is 0 Å². The quantitative estimate of drug-likeness (QED) is 0.884. The van der Waals surface area contributed by atoms with Crippen LogP contribution in [0.2, 0.25) is 0 Å². The van der Waals surface area contributed by atoms with E-state index in [0.717, 1.165) is 6.54 Å². The SMILES string of the molecule is CNCc1ccc(N(C)C2CCSC2)c(C)c1. The Morgan fingerprint density at radius 2 is 2.29 bits per heavy atom. The zero-order valence-electron chi connectivity index (χ0n) is 11.0. The zero-order valence-corrected chi connectivity index (χ0v) is 11.8. The van der Waals surface area contributed by atoms with Gasteiger partial charge in [0.2, 0.25) is 0 Å². The number of benzene rings is 1. The molecule has 94 valence electrons. The fourth-order valence-corrected chi connectivity index (χ4v) is 3.72. The van der Waals surface area contributed by atoms with Gasteiger partial charge in [-0.15, -0.1) is 0 Å². The zero-order chi connectivity index (χ0) is 12.3. The maximum Gasteiger partial charge on any atom is 0.0396 e. The number of hydrogen-bond acceptors (Lipinski definition) is 3. The maximum atomic E-state index is 3.20. The Balaban J connectivity index is 2.14. The molecule has 1 aliphatic heterocycles. The molecule has 0 spiro atoms. The van der Waals surface area contributed by atoms with Crippen molar-refractivity contribution in [1.82, 2.24) is 5.32 Å². The van der Waals surface area contributed by atoms with Crippen LogP contribution in [-0.4, -0.2) is 31.6 Å². The topological polar surface area (TPSA) is 15.3 Å². The van der Waals surface area contributed by atoms with Crippen molar-refractivity contribution in [2.24, 2.45) is 0 Å². The van der Waals surface area contributed by atoms with E-state index in [-0.39, 0.29) is 0 Å². The van der Waals surface area contributed by atoms with Crippen LogP contribution in [0, 0.1) is 6.92 Å². The summed E-state index contributed by atoms with van der Waals surface area (Å²) < 4.78 is 0. The van der Waals surface area contributed by atoms with Crippen LogP contribution in [0.3, 0.4) is 0 Å². The van der Waals surface area contributed by atoms with Crippen LogP contribution < -0.4 is 10.2 Å².